The average molecular weight is 424 g/mol. The van der Waals surface area contributed by atoms with Gasteiger partial charge in [0.05, 0.1) is 0 Å². The molecule has 1 rings (SSSR count). The summed E-state index contributed by atoms with van der Waals surface area (Å²) in [5.74, 6) is 1.80. The molecule has 3 N–H and O–H groups in total. The van der Waals surface area contributed by atoms with E-state index in [1.54, 1.807) is 7.05 Å². The Labute approximate surface area is 152 Å². The summed E-state index contributed by atoms with van der Waals surface area (Å²) in [5.41, 5.74) is 0. The zero-order valence-electron chi connectivity index (χ0n) is 14.4. The second-order valence-corrected chi connectivity index (χ2v) is 6.30. The third kappa shape index (κ3) is 8.19. The molecule has 6 heteroatoms. The molecule has 0 aromatic rings. The summed E-state index contributed by atoms with van der Waals surface area (Å²) in [5, 5.41) is 9.61. The molecule has 5 nitrogen and oxygen atoms in total. The fourth-order valence-electron chi connectivity index (χ4n) is 2.45. The number of carbonyl (C=O) groups is 1. The maximum atomic E-state index is 12.0. The van der Waals surface area contributed by atoms with Crippen molar-refractivity contribution in [3.63, 3.8) is 0 Å². The van der Waals surface area contributed by atoms with Crippen LogP contribution in [0.1, 0.15) is 52.9 Å². The Hall–Kier alpha value is -0.530. The number of halogens is 1. The molecule has 0 saturated heterocycles. The zero-order valence-corrected chi connectivity index (χ0v) is 16.8. The highest BCUT2D eigenvalue weighted by atomic mass is 127. The molecule has 1 saturated carbocycles. The number of carbonyl (C=O) groups excluding carboxylic acids is 1. The molecule has 0 aromatic heterocycles. The Balaban J connectivity index is 0.00000441. The van der Waals surface area contributed by atoms with E-state index < -0.39 is 0 Å². The van der Waals surface area contributed by atoms with Crippen LogP contribution in [0.5, 0.6) is 0 Å². The monoisotopic (exact) mass is 424 g/mol. The Morgan fingerprint density at radius 2 is 1.68 bits per heavy atom. The van der Waals surface area contributed by atoms with E-state index in [0.717, 1.165) is 18.8 Å². The normalized spacial score (nSPS) is 17.6. The Bertz CT molecular complexity index is 341. The van der Waals surface area contributed by atoms with Gasteiger partial charge in [-0.1, -0.05) is 33.1 Å². The van der Waals surface area contributed by atoms with Crippen LogP contribution in [0.25, 0.3) is 0 Å². The highest BCUT2D eigenvalue weighted by Gasteiger charge is 2.20. The Kier molecular flexibility index (Phi) is 11.7. The first kappa shape index (κ1) is 21.5. The van der Waals surface area contributed by atoms with Gasteiger partial charge < -0.3 is 16.0 Å². The molecule has 1 atom stereocenters. The van der Waals surface area contributed by atoms with E-state index in [-0.39, 0.29) is 35.8 Å². The number of aliphatic imine (C=N–C) groups is 1. The molecule has 0 aliphatic heterocycles. The Morgan fingerprint density at radius 1 is 1.09 bits per heavy atom. The van der Waals surface area contributed by atoms with Crippen LogP contribution in [0.3, 0.4) is 0 Å². The van der Waals surface area contributed by atoms with E-state index in [0.29, 0.717) is 25.0 Å². The van der Waals surface area contributed by atoms with Crippen molar-refractivity contribution in [1.29, 1.82) is 0 Å². The molecule has 0 aromatic carbocycles. The fraction of sp³-hybridized carbons (Fsp3) is 0.875. The van der Waals surface area contributed by atoms with Gasteiger partial charge in [0.25, 0.3) is 0 Å². The lowest BCUT2D eigenvalue weighted by molar-refractivity contribution is -0.125. The van der Waals surface area contributed by atoms with Gasteiger partial charge in [0.15, 0.2) is 5.96 Å². The first-order valence-corrected chi connectivity index (χ1v) is 8.29. The van der Waals surface area contributed by atoms with E-state index >= 15 is 0 Å². The van der Waals surface area contributed by atoms with E-state index in [4.69, 9.17) is 0 Å². The van der Waals surface area contributed by atoms with Gasteiger partial charge in [-0.3, -0.25) is 9.79 Å². The largest absolute Gasteiger partial charge is 0.355 e. The topological polar surface area (TPSA) is 65.5 Å². The number of nitrogens with one attached hydrogen (secondary N) is 3. The van der Waals surface area contributed by atoms with E-state index in [1.165, 1.54) is 19.3 Å². The van der Waals surface area contributed by atoms with Crippen molar-refractivity contribution in [3.8, 4) is 0 Å². The lowest BCUT2D eigenvalue weighted by Crippen LogP contribution is -2.46. The minimum atomic E-state index is 0. The van der Waals surface area contributed by atoms with Crippen molar-refractivity contribution in [1.82, 2.24) is 16.0 Å². The van der Waals surface area contributed by atoms with Crippen LogP contribution < -0.4 is 16.0 Å². The molecule has 1 aliphatic rings. The second-order valence-electron chi connectivity index (χ2n) is 6.30. The van der Waals surface area contributed by atoms with Crippen LogP contribution in [0.4, 0.5) is 0 Å². The van der Waals surface area contributed by atoms with Crippen LogP contribution in [-0.4, -0.2) is 38.0 Å². The molecular formula is C16H33IN4O. The molecular weight excluding hydrogens is 391 g/mol. The minimum absolute atomic E-state index is 0. The fourth-order valence-corrected chi connectivity index (χ4v) is 2.45. The SMILES string of the molecule is CN=C(NCCNC(=O)C1CCCCC1)NC(C)C(C)C.I. The van der Waals surface area contributed by atoms with Gasteiger partial charge in [0.2, 0.25) is 5.91 Å². The smallest absolute Gasteiger partial charge is 0.223 e. The van der Waals surface area contributed by atoms with E-state index in [9.17, 15) is 4.79 Å². The highest BCUT2D eigenvalue weighted by molar-refractivity contribution is 14.0. The summed E-state index contributed by atoms with van der Waals surface area (Å²) in [6.07, 6.45) is 5.77. The van der Waals surface area contributed by atoms with Gasteiger partial charge in [-0.05, 0) is 25.7 Å². The summed E-state index contributed by atoms with van der Waals surface area (Å²) in [4.78, 5) is 16.2. The molecule has 0 radical (unpaired) electrons. The summed E-state index contributed by atoms with van der Waals surface area (Å²) in [7, 11) is 1.77. The van der Waals surface area contributed by atoms with Crippen LogP contribution in [0, 0.1) is 11.8 Å². The van der Waals surface area contributed by atoms with Crippen molar-refractivity contribution in [2.45, 2.75) is 58.9 Å². The standard InChI is InChI=1S/C16H32N4O.HI/c1-12(2)13(3)20-16(17-4)19-11-10-18-15(21)14-8-6-5-7-9-14;/h12-14H,5-11H2,1-4H3,(H,18,21)(H2,17,19,20);1H. The first-order valence-electron chi connectivity index (χ1n) is 8.29. The van der Waals surface area contributed by atoms with Crippen molar-refractivity contribution in [3.05, 3.63) is 0 Å². The zero-order chi connectivity index (χ0) is 15.7. The maximum absolute atomic E-state index is 12.0. The number of nitrogens with zero attached hydrogens (tertiary/aromatic N) is 1. The van der Waals surface area contributed by atoms with Crippen molar-refractivity contribution >= 4 is 35.8 Å². The number of rotatable bonds is 6. The van der Waals surface area contributed by atoms with Gasteiger partial charge in [-0.25, -0.2) is 0 Å². The molecule has 0 heterocycles. The summed E-state index contributed by atoms with van der Waals surface area (Å²) in [6, 6.07) is 0.369. The minimum Gasteiger partial charge on any atom is -0.355 e. The van der Waals surface area contributed by atoms with Crippen molar-refractivity contribution in [2.24, 2.45) is 16.8 Å². The molecule has 0 bridgehead atoms. The van der Waals surface area contributed by atoms with Gasteiger partial charge in [-0.2, -0.15) is 0 Å². The number of hydrogen-bond acceptors (Lipinski definition) is 2. The van der Waals surface area contributed by atoms with Crippen LogP contribution in [-0.2, 0) is 4.79 Å². The van der Waals surface area contributed by atoms with Crippen LogP contribution in [0.15, 0.2) is 4.99 Å². The second kappa shape index (κ2) is 12.0. The molecule has 1 fully saturated rings. The molecule has 1 aliphatic carbocycles. The van der Waals surface area contributed by atoms with Gasteiger partial charge in [0.1, 0.15) is 0 Å². The number of amides is 1. The third-order valence-corrected chi connectivity index (χ3v) is 4.28. The predicted octanol–water partition coefficient (Wildman–Crippen LogP) is 2.51. The average Bonchev–Trinajstić information content (AvgIpc) is 2.50. The number of guanidine groups is 1. The molecule has 1 amide bonds. The lowest BCUT2D eigenvalue weighted by atomic mass is 9.89. The molecule has 0 spiro atoms. The van der Waals surface area contributed by atoms with E-state index in [2.05, 4.69) is 41.7 Å². The molecule has 130 valence electrons. The van der Waals surface area contributed by atoms with Gasteiger partial charge in [0, 0.05) is 32.1 Å². The molecule has 22 heavy (non-hydrogen) atoms. The predicted molar refractivity (Wildman–Crippen MR) is 104 cm³/mol. The summed E-state index contributed by atoms with van der Waals surface area (Å²) < 4.78 is 0. The molecule has 1 unspecified atom stereocenters. The summed E-state index contributed by atoms with van der Waals surface area (Å²) in [6.45, 7) is 7.84. The van der Waals surface area contributed by atoms with Crippen LogP contribution >= 0.6 is 24.0 Å². The van der Waals surface area contributed by atoms with E-state index in [1.807, 2.05) is 0 Å². The maximum Gasteiger partial charge on any atom is 0.223 e. The van der Waals surface area contributed by atoms with Crippen molar-refractivity contribution < 1.29 is 4.79 Å². The van der Waals surface area contributed by atoms with Crippen LogP contribution in [0.2, 0.25) is 0 Å². The highest BCUT2D eigenvalue weighted by Crippen LogP contribution is 2.23. The van der Waals surface area contributed by atoms with Gasteiger partial charge >= 0.3 is 0 Å². The number of hydrogen-bond donors (Lipinski definition) is 3. The third-order valence-electron chi connectivity index (χ3n) is 4.28. The summed E-state index contributed by atoms with van der Waals surface area (Å²) >= 11 is 0. The first-order chi connectivity index (χ1) is 10.0. The lowest BCUT2D eigenvalue weighted by Gasteiger charge is -2.22. The Morgan fingerprint density at radius 3 is 2.23 bits per heavy atom. The van der Waals surface area contributed by atoms with Crippen molar-refractivity contribution in [2.75, 3.05) is 20.1 Å². The van der Waals surface area contributed by atoms with Gasteiger partial charge in [-0.15, -0.1) is 24.0 Å². The quantitative estimate of drug-likeness (QED) is 0.266.